The van der Waals surface area contributed by atoms with Gasteiger partial charge in [0.2, 0.25) is 5.91 Å². The fraction of sp³-hybridized carbons (Fsp3) is 0.464. The normalized spacial score (nSPS) is 15.0. The van der Waals surface area contributed by atoms with Crippen LogP contribution in [0.15, 0.2) is 48.5 Å². The van der Waals surface area contributed by atoms with Gasteiger partial charge in [-0.1, -0.05) is 62.4 Å². The predicted molar refractivity (Wildman–Crippen MR) is 138 cm³/mol. The lowest BCUT2D eigenvalue weighted by Gasteiger charge is -2.22. The molecule has 186 valence electrons. The van der Waals surface area contributed by atoms with E-state index in [1.165, 1.54) is 29.4 Å². The van der Waals surface area contributed by atoms with Crippen molar-refractivity contribution in [3.8, 4) is 11.1 Å². The molecule has 1 aliphatic rings. The molecule has 2 aromatic carbocycles. The fourth-order valence-corrected chi connectivity index (χ4v) is 4.82. The second-order valence-electron chi connectivity index (χ2n) is 9.85. The monoisotopic (exact) mass is 475 g/mol. The van der Waals surface area contributed by atoms with Crippen molar-refractivity contribution in [3.05, 3.63) is 71.3 Å². The van der Waals surface area contributed by atoms with Gasteiger partial charge in [-0.25, -0.2) is 0 Å². The number of carbonyl (C=O) groups excluding carboxylic acids is 1. The molecular formula is C28H37N5O2. The van der Waals surface area contributed by atoms with Gasteiger partial charge in [-0.05, 0) is 41.5 Å². The summed E-state index contributed by atoms with van der Waals surface area (Å²) in [5.74, 6) is 2.13. The van der Waals surface area contributed by atoms with Crippen molar-refractivity contribution in [2.45, 2.75) is 52.7 Å². The quantitative estimate of drug-likeness (QED) is 0.503. The molecule has 1 aliphatic heterocycles. The van der Waals surface area contributed by atoms with Crippen molar-refractivity contribution in [2.75, 3.05) is 26.8 Å². The van der Waals surface area contributed by atoms with E-state index >= 15 is 0 Å². The van der Waals surface area contributed by atoms with Crippen molar-refractivity contribution >= 4 is 5.91 Å². The summed E-state index contributed by atoms with van der Waals surface area (Å²) in [7, 11) is 1.53. The second-order valence-corrected chi connectivity index (χ2v) is 9.85. The lowest BCUT2D eigenvalue weighted by Crippen LogP contribution is -2.34. The van der Waals surface area contributed by atoms with Gasteiger partial charge in [-0.2, -0.15) is 0 Å². The van der Waals surface area contributed by atoms with Gasteiger partial charge in [0.05, 0.1) is 6.04 Å². The van der Waals surface area contributed by atoms with Crippen LogP contribution < -0.4 is 5.32 Å². The van der Waals surface area contributed by atoms with Gasteiger partial charge >= 0.3 is 0 Å². The van der Waals surface area contributed by atoms with Crippen LogP contribution in [0.25, 0.3) is 11.1 Å². The summed E-state index contributed by atoms with van der Waals surface area (Å²) in [5, 5.41) is 12.1. The molecule has 0 bridgehead atoms. The highest BCUT2D eigenvalue weighted by atomic mass is 16.5. The van der Waals surface area contributed by atoms with E-state index in [0.717, 1.165) is 50.7 Å². The molecule has 7 heteroatoms. The van der Waals surface area contributed by atoms with Crippen molar-refractivity contribution in [2.24, 2.45) is 5.92 Å². The number of hydrogen-bond acceptors (Lipinski definition) is 5. The van der Waals surface area contributed by atoms with Crippen LogP contribution in [-0.2, 0) is 29.0 Å². The fourth-order valence-electron chi connectivity index (χ4n) is 4.82. The lowest BCUT2D eigenvalue weighted by atomic mass is 9.99. The molecular weight excluding hydrogens is 438 g/mol. The molecule has 0 fully saturated rings. The number of nitrogens with zero attached hydrogens (tertiary/aromatic N) is 4. The van der Waals surface area contributed by atoms with E-state index in [0.29, 0.717) is 5.92 Å². The molecule has 4 rings (SSSR count). The van der Waals surface area contributed by atoms with E-state index in [2.05, 4.69) is 94.3 Å². The van der Waals surface area contributed by atoms with Gasteiger partial charge in [-0.3, -0.25) is 9.69 Å². The molecule has 2 heterocycles. The summed E-state index contributed by atoms with van der Waals surface area (Å²) in [6, 6.07) is 17.3. The average Bonchev–Trinajstić information content (AvgIpc) is 3.13. The molecule has 0 saturated heterocycles. The summed E-state index contributed by atoms with van der Waals surface area (Å²) >= 11 is 0. The summed E-state index contributed by atoms with van der Waals surface area (Å²) in [6.07, 6.45) is 1.65. The highest BCUT2D eigenvalue weighted by Gasteiger charge is 2.26. The SMILES string of the molecule is COCC(=O)NC(CC(C)C)c1nnc2n1CCN(Cc1ccc(-c3ccccc3C)cc1)CC2. The first-order chi connectivity index (χ1) is 16.9. The first-order valence-electron chi connectivity index (χ1n) is 12.5. The molecule has 3 aromatic rings. The number of aryl methyl sites for hydroxylation is 1. The molecule has 7 nitrogen and oxygen atoms in total. The molecule has 1 unspecified atom stereocenters. The van der Waals surface area contributed by atoms with Crippen LogP contribution in [0.3, 0.4) is 0 Å². The van der Waals surface area contributed by atoms with E-state index in [-0.39, 0.29) is 18.6 Å². The van der Waals surface area contributed by atoms with Gasteiger partial charge in [0.1, 0.15) is 12.4 Å². The Bertz CT molecular complexity index is 1120. The zero-order valence-corrected chi connectivity index (χ0v) is 21.3. The number of methoxy groups -OCH3 is 1. The molecule has 1 aromatic heterocycles. The van der Waals surface area contributed by atoms with Gasteiger partial charge in [0.15, 0.2) is 5.82 Å². The topological polar surface area (TPSA) is 72.3 Å². The van der Waals surface area contributed by atoms with Crippen LogP contribution in [-0.4, -0.2) is 52.4 Å². The lowest BCUT2D eigenvalue weighted by molar-refractivity contribution is -0.125. The highest BCUT2D eigenvalue weighted by molar-refractivity contribution is 5.77. The summed E-state index contributed by atoms with van der Waals surface area (Å²) in [6.45, 7) is 10.1. The van der Waals surface area contributed by atoms with Gasteiger partial charge in [-0.15, -0.1) is 10.2 Å². The van der Waals surface area contributed by atoms with E-state index in [9.17, 15) is 4.79 Å². The number of nitrogens with one attached hydrogen (secondary N) is 1. The third kappa shape index (κ3) is 6.35. The minimum atomic E-state index is -0.167. The van der Waals surface area contributed by atoms with Crippen LogP contribution >= 0.6 is 0 Å². The average molecular weight is 476 g/mol. The maximum Gasteiger partial charge on any atom is 0.246 e. The Morgan fingerprint density at radius 3 is 2.54 bits per heavy atom. The molecule has 35 heavy (non-hydrogen) atoms. The van der Waals surface area contributed by atoms with Crippen LogP contribution in [0, 0.1) is 12.8 Å². The van der Waals surface area contributed by atoms with Gasteiger partial charge in [0, 0.05) is 39.7 Å². The number of carbonyl (C=O) groups is 1. The Labute approximate surface area is 208 Å². The van der Waals surface area contributed by atoms with Gasteiger partial charge in [0.25, 0.3) is 0 Å². The van der Waals surface area contributed by atoms with Gasteiger partial charge < -0.3 is 14.6 Å². The first-order valence-corrected chi connectivity index (χ1v) is 12.5. The highest BCUT2D eigenvalue weighted by Crippen LogP contribution is 2.25. The first kappa shape index (κ1) is 25.1. The Morgan fingerprint density at radius 1 is 1.06 bits per heavy atom. The molecule has 1 N–H and O–H groups in total. The van der Waals surface area contributed by atoms with Crippen LogP contribution in [0.5, 0.6) is 0 Å². The maximum absolute atomic E-state index is 12.3. The van der Waals surface area contributed by atoms with Crippen LogP contribution in [0.2, 0.25) is 0 Å². The molecule has 0 saturated carbocycles. The van der Waals surface area contributed by atoms with Crippen molar-refractivity contribution < 1.29 is 9.53 Å². The maximum atomic E-state index is 12.3. The number of aromatic nitrogens is 3. The second kappa shape index (κ2) is 11.6. The molecule has 0 radical (unpaired) electrons. The van der Waals surface area contributed by atoms with Crippen LogP contribution in [0.4, 0.5) is 0 Å². The molecule has 1 amide bonds. The molecule has 0 aliphatic carbocycles. The Hall–Kier alpha value is -3.03. The van der Waals surface area contributed by atoms with E-state index in [1.54, 1.807) is 0 Å². The largest absolute Gasteiger partial charge is 0.375 e. The number of rotatable bonds is 9. The third-order valence-corrected chi connectivity index (χ3v) is 6.59. The molecule has 0 spiro atoms. The van der Waals surface area contributed by atoms with Crippen molar-refractivity contribution in [1.82, 2.24) is 25.0 Å². The number of hydrogen-bond donors (Lipinski definition) is 1. The Kier molecular flexibility index (Phi) is 8.31. The van der Waals surface area contributed by atoms with E-state index in [1.807, 2.05) is 0 Å². The van der Waals surface area contributed by atoms with Crippen molar-refractivity contribution in [3.63, 3.8) is 0 Å². The van der Waals surface area contributed by atoms with Crippen molar-refractivity contribution in [1.29, 1.82) is 0 Å². The summed E-state index contributed by atoms with van der Waals surface area (Å²) in [4.78, 5) is 14.7. The number of benzene rings is 2. The predicted octanol–water partition coefficient (Wildman–Crippen LogP) is 4.16. The smallest absolute Gasteiger partial charge is 0.246 e. The number of amides is 1. The van der Waals surface area contributed by atoms with E-state index < -0.39 is 0 Å². The summed E-state index contributed by atoms with van der Waals surface area (Å²) in [5.41, 5.74) is 5.14. The minimum Gasteiger partial charge on any atom is -0.375 e. The Morgan fingerprint density at radius 2 is 1.83 bits per heavy atom. The zero-order chi connectivity index (χ0) is 24.8. The number of fused-ring (bicyclic) bond motifs is 1. The Balaban J connectivity index is 1.43. The standard InChI is InChI=1S/C28H37N5O2/c1-20(2)17-25(29-27(34)19-35-4)28-31-30-26-13-14-32(15-16-33(26)28)18-22-9-11-23(12-10-22)24-8-6-5-7-21(24)3/h5-12,20,25H,13-19H2,1-4H3,(H,29,34). The minimum absolute atomic E-state index is 0.0476. The summed E-state index contributed by atoms with van der Waals surface area (Å²) < 4.78 is 7.22. The third-order valence-electron chi connectivity index (χ3n) is 6.59. The number of ether oxygens (including phenoxy) is 1. The van der Waals surface area contributed by atoms with Crippen LogP contribution in [0.1, 0.15) is 49.1 Å². The molecule has 1 atom stereocenters. The zero-order valence-electron chi connectivity index (χ0n) is 21.3. The van der Waals surface area contributed by atoms with E-state index in [4.69, 9.17) is 4.74 Å².